The van der Waals surface area contributed by atoms with E-state index in [1.165, 1.54) is 24.3 Å². The highest BCUT2D eigenvalue weighted by Gasteiger charge is 2.24. The maximum atomic E-state index is 12.4. The Bertz CT molecular complexity index is 954. The number of rotatable bonds is 8. The molecule has 0 aromatic heterocycles. The quantitative estimate of drug-likeness (QED) is 0.627. The Labute approximate surface area is 169 Å². The third-order valence-electron chi connectivity index (χ3n) is 4.51. The van der Waals surface area contributed by atoms with E-state index in [1.807, 2.05) is 0 Å². The summed E-state index contributed by atoms with van der Waals surface area (Å²) in [6, 6.07) is 13.7. The lowest BCUT2D eigenvalue weighted by atomic mass is 10.1. The number of hydrogen-bond donors (Lipinski definition) is 2. The number of primary amides is 1. The minimum atomic E-state index is -3.73. The fourth-order valence-corrected chi connectivity index (χ4v) is 4.02. The molecule has 2 atom stereocenters. The van der Waals surface area contributed by atoms with Gasteiger partial charge in [0.2, 0.25) is 16.1 Å². The van der Waals surface area contributed by atoms with Crippen LogP contribution in [0.2, 0.25) is 0 Å². The van der Waals surface area contributed by atoms with Gasteiger partial charge in [0.25, 0.3) is 5.91 Å². The highest BCUT2D eigenvalue weighted by Crippen LogP contribution is 2.20. The molecular formula is C20H22N2O6S. The number of nitrogens with two attached hydrogens (primary N) is 1. The number of carbonyl (C=O) groups is 2. The normalized spacial score (nSPS) is 17.6. The van der Waals surface area contributed by atoms with Crippen LogP contribution in [-0.4, -0.2) is 39.5 Å². The van der Waals surface area contributed by atoms with Gasteiger partial charge in [-0.3, -0.25) is 4.79 Å². The van der Waals surface area contributed by atoms with Crippen LogP contribution in [-0.2, 0) is 24.3 Å². The van der Waals surface area contributed by atoms with Crippen LogP contribution in [0, 0.1) is 0 Å². The average Bonchev–Trinajstić information content (AvgIpc) is 3.25. The fraction of sp³-hybridized carbons (Fsp3) is 0.300. The molecule has 3 rings (SSSR count). The number of ether oxygens (including phenoxy) is 2. The standard InChI is InChI=1S/C20H22N2O6S/c21-19(23)18(14-5-2-1-3-6-14)28-20(24)15-8-10-17(11-9-15)29(25,26)22-13-16-7-4-12-27-16/h1-3,5-6,8-11,16,18,22H,4,7,12-13H2,(H2,21,23). The van der Waals surface area contributed by atoms with Gasteiger partial charge in [0.05, 0.1) is 16.6 Å². The van der Waals surface area contributed by atoms with Crippen LogP contribution in [0.25, 0.3) is 0 Å². The number of amides is 1. The van der Waals surface area contributed by atoms with Crippen molar-refractivity contribution in [1.82, 2.24) is 4.72 Å². The van der Waals surface area contributed by atoms with Gasteiger partial charge in [-0.05, 0) is 37.1 Å². The van der Waals surface area contributed by atoms with E-state index in [-0.39, 0.29) is 23.1 Å². The fourth-order valence-electron chi connectivity index (χ4n) is 2.95. The molecule has 1 saturated heterocycles. The summed E-state index contributed by atoms with van der Waals surface area (Å²) in [4.78, 5) is 24.1. The minimum Gasteiger partial charge on any atom is -0.444 e. The first-order valence-corrected chi connectivity index (χ1v) is 10.6. The molecule has 29 heavy (non-hydrogen) atoms. The number of nitrogens with one attached hydrogen (secondary N) is 1. The van der Waals surface area contributed by atoms with Crippen molar-refractivity contribution >= 4 is 21.9 Å². The van der Waals surface area contributed by atoms with Crippen LogP contribution >= 0.6 is 0 Å². The van der Waals surface area contributed by atoms with E-state index in [0.29, 0.717) is 12.2 Å². The molecule has 0 spiro atoms. The van der Waals surface area contributed by atoms with Crippen molar-refractivity contribution in [3.05, 3.63) is 65.7 Å². The van der Waals surface area contributed by atoms with Crippen molar-refractivity contribution in [2.75, 3.05) is 13.2 Å². The Morgan fingerprint density at radius 2 is 1.83 bits per heavy atom. The molecule has 1 aliphatic heterocycles. The zero-order valence-electron chi connectivity index (χ0n) is 15.6. The largest absolute Gasteiger partial charge is 0.444 e. The van der Waals surface area contributed by atoms with Crippen molar-refractivity contribution < 1.29 is 27.5 Å². The van der Waals surface area contributed by atoms with Gasteiger partial charge < -0.3 is 15.2 Å². The summed E-state index contributed by atoms with van der Waals surface area (Å²) < 4.78 is 37.9. The van der Waals surface area contributed by atoms with E-state index in [2.05, 4.69) is 4.72 Å². The third-order valence-corrected chi connectivity index (χ3v) is 5.95. The summed E-state index contributed by atoms with van der Waals surface area (Å²) >= 11 is 0. The molecule has 1 aliphatic rings. The predicted molar refractivity (Wildman–Crippen MR) is 104 cm³/mol. The SMILES string of the molecule is NC(=O)C(OC(=O)c1ccc(S(=O)(=O)NCC2CCCO2)cc1)c1ccccc1. The van der Waals surface area contributed by atoms with Crippen LogP contribution in [0.4, 0.5) is 0 Å². The van der Waals surface area contributed by atoms with Crippen molar-refractivity contribution in [3.8, 4) is 0 Å². The summed E-state index contributed by atoms with van der Waals surface area (Å²) in [5, 5.41) is 0. The lowest BCUT2D eigenvalue weighted by Gasteiger charge is -2.15. The van der Waals surface area contributed by atoms with Gasteiger partial charge in [0.15, 0.2) is 0 Å². The summed E-state index contributed by atoms with van der Waals surface area (Å²) in [5.74, 6) is -1.59. The van der Waals surface area contributed by atoms with Crippen LogP contribution < -0.4 is 10.5 Å². The van der Waals surface area contributed by atoms with E-state index in [0.717, 1.165) is 12.8 Å². The van der Waals surface area contributed by atoms with E-state index >= 15 is 0 Å². The van der Waals surface area contributed by atoms with E-state index in [1.54, 1.807) is 30.3 Å². The molecule has 0 radical (unpaired) electrons. The predicted octanol–water partition coefficient (Wildman–Crippen LogP) is 1.53. The highest BCUT2D eigenvalue weighted by molar-refractivity contribution is 7.89. The molecule has 1 amide bonds. The van der Waals surface area contributed by atoms with Gasteiger partial charge in [-0.1, -0.05) is 30.3 Å². The second kappa shape index (κ2) is 9.17. The minimum absolute atomic E-state index is 0.0153. The van der Waals surface area contributed by atoms with Crippen LogP contribution in [0.1, 0.15) is 34.9 Å². The van der Waals surface area contributed by atoms with Gasteiger partial charge in [-0.2, -0.15) is 0 Å². The topological polar surface area (TPSA) is 125 Å². The molecule has 9 heteroatoms. The molecule has 1 heterocycles. The highest BCUT2D eigenvalue weighted by atomic mass is 32.2. The molecule has 8 nitrogen and oxygen atoms in total. The molecule has 2 aromatic carbocycles. The average molecular weight is 418 g/mol. The number of benzene rings is 2. The van der Waals surface area contributed by atoms with Gasteiger partial charge in [0, 0.05) is 18.7 Å². The second-order valence-electron chi connectivity index (χ2n) is 6.61. The lowest BCUT2D eigenvalue weighted by Crippen LogP contribution is -2.31. The third kappa shape index (κ3) is 5.41. The van der Waals surface area contributed by atoms with Crippen LogP contribution in [0.5, 0.6) is 0 Å². The van der Waals surface area contributed by atoms with Crippen LogP contribution in [0.3, 0.4) is 0 Å². The van der Waals surface area contributed by atoms with Crippen molar-refractivity contribution in [1.29, 1.82) is 0 Å². The van der Waals surface area contributed by atoms with Gasteiger partial charge in [-0.15, -0.1) is 0 Å². The number of esters is 1. The Balaban J connectivity index is 1.67. The van der Waals surface area contributed by atoms with Crippen molar-refractivity contribution in [2.45, 2.75) is 29.9 Å². The van der Waals surface area contributed by atoms with E-state index in [4.69, 9.17) is 15.2 Å². The number of sulfonamides is 1. The van der Waals surface area contributed by atoms with Crippen molar-refractivity contribution in [2.24, 2.45) is 5.73 Å². The summed E-state index contributed by atoms with van der Waals surface area (Å²) in [6.45, 7) is 0.835. The molecule has 0 saturated carbocycles. The number of carbonyl (C=O) groups excluding carboxylic acids is 2. The maximum Gasteiger partial charge on any atom is 0.339 e. The van der Waals surface area contributed by atoms with Crippen LogP contribution in [0.15, 0.2) is 59.5 Å². The molecule has 154 valence electrons. The van der Waals surface area contributed by atoms with Gasteiger partial charge >= 0.3 is 5.97 Å². The molecular weight excluding hydrogens is 396 g/mol. The van der Waals surface area contributed by atoms with E-state index in [9.17, 15) is 18.0 Å². The molecule has 0 aliphatic carbocycles. The van der Waals surface area contributed by atoms with Crippen molar-refractivity contribution in [3.63, 3.8) is 0 Å². The summed E-state index contributed by atoms with van der Waals surface area (Å²) in [5.41, 5.74) is 5.90. The van der Waals surface area contributed by atoms with Gasteiger partial charge in [-0.25, -0.2) is 17.9 Å². The monoisotopic (exact) mass is 418 g/mol. The zero-order valence-corrected chi connectivity index (χ0v) is 16.4. The number of hydrogen-bond acceptors (Lipinski definition) is 6. The van der Waals surface area contributed by atoms with E-state index < -0.39 is 28.0 Å². The molecule has 2 aromatic rings. The molecule has 1 fully saturated rings. The smallest absolute Gasteiger partial charge is 0.339 e. The lowest BCUT2D eigenvalue weighted by molar-refractivity contribution is -0.127. The van der Waals surface area contributed by atoms with Gasteiger partial charge in [0.1, 0.15) is 0 Å². The first-order chi connectivity index (χ1) is 13.9. The Morgan fingerprint density at radius 3 is 2.41 bits per heavy atom. The Hall–Kier alpha value is -2.75. The first kappa shape index (κ1) is 21.0. The zero-order chi connectivity index (χ0) is 20.9. The molecule has 3 N–H and O–H groups in total. The molecule has 0 bridgehead atoms. The second-order valence-corrected chi connectivity index (χ2v) is 8.38. The maximum absolute atomic E-state index is 12.4. The summed E-state index contributed by atoms with van der Waals surface area (Å²) in [6.07, 6.45) is 0.372. The Morgan fingerprint density at radius 1 is 1.14 bits per heavy atom. The Kier molecular flexibility index (Phi) is 6.63. The molecule has 2 unspecified atom stereocenters. The summed E-state index contributed by atoms with van der Waals surface area (Å²) in [7, 11) is -3.73. The first-order valence-electron chi connectivity index (χ1n) is 9.13.